The Kier molecular flexibility index (Phi) is 14.4. The van der Waals surface area contributed by atoms with Crippen LogP contribution in [0.15, 0.2) is 23.3 Å². The van der Waals surface area contributed by atoms with E-state index in [0.717, 1.165) is 19.3 Å². The molecular formula is C47H74O14. The third kappa shape index (κ3) is 8.59. The summed E-state index contributed by atoms with van der Waals surface area (Å²) in [7, 11) is 4.91. The SMILES string of the molecule is CC=C(C)C(=O)O[C@@H]1CC2C(CC=C3CC(OC4CC(OC)C(OC5CC(OC)C(OC6CC(OC)C(O)C(C)O6)C(C)O5)C(C)O4)CC[C@@]32C)[C@@]2(O)CC[C@H](C(C)=O)[C@@]12C. The van der Waals surface area contributed by atoms with E-state index in [-0.39, 0.29) is 65.4 Å². The van der Waals surface area contributed by atoms with E-state index in [2.05, 4.69) is 13.0 Å². The Morgan fingerprint density at radius 3 is 1.89 bits per heavy atom. The summed E-state index contributed by atoms with van der Waals surface area (Å²) in [5, 5.41) is 23.2. The van der Waals surface area contributed by atoms with Crippen LogP contribution in [0.25, 0.3) is 0 Å². The maximum atomic E-state index is 13.3. The fraction of sp³-hybridized carbons (Fsp3) is 0.872. The van der Waals surface area contributed by atoms with Crippen molar-refractivity contribution < 1.29 is 67.2 Å². The quantitative estimate of drug-likeness (QED) is 0.139. The highest BCUT2D eigenvalue weighted by atomic mass is 16.7. The largest absolute Gasteiger partial charge is 0.458 e. The van der Waals surface area contributed by atoms with Crippen molar-refractivity contribution in [1.29, 1.82) is 0 Å². The molecule has 3 saturated heterocycles. The number of fused-ring (bicyclic) bond motifs is 5. The molecule has 15 unspecified atom stereocenters. The highest BCUT2D eigenvalue weighted by Crippen LogP contribution is 2.68. The second-order valence-corrected chi connectivity index (χ2v) is 19.6. The molecule has 3 heterocycles. The van der Waals surface area contributed by atoms with E-state index in [4.69, 9.17) is 47.4 Å². The Labute approximate surface area is 362 Å². The minimum absolute atomic E-state index is 0.0463. The maximum absolute atomic E-state index is 13.3. The van der Waals surface area contributed by atoms with E-state index in [1.54, 1.807) is 48.2 Å². The number of ether oxygens (including phenoxy) is 10. The van der Waals surface area contributed by atoms with Gasteiger partial charge in [-0.2, -0.15) is 0 Å². The first-order valence-electron chi connectivity index (χ1n) is 22.9. The van der Waals surface area contributed by atoms with Crippen molar-refractivity contribution in [3.05, 3.63) is 23.3 Å². The van der Waals surface area contributed by atoms with Gasteiger partial charge in [-0.15, -0.1) is 0 Å². The van der Waals surface area contributed by atoms with Gasteiger partial charge >= 0.3 is 5.97 Å². The highest BCUT2D eigenvalue weighted by molar-refractivity contribution is 5.88. The van der Waals surface area contributed by atoms with Gasteiger partial charge in [-0.05, 0) is 104 Å². The lowest BCUT2D eigenvalue weighted by Gasteiger charge is -2.63. The summed E-state index contributed by atoms with van der Waals surface area (Å²) in [6, 6.07) is 0. The molecule has 0 spiro atoms. The van der Waals surface area contributed by atoms with E-state index in [1.807, 2.05) is 27.7 Å². The average Bonchev–Trinajstić information content (AvgIpc) is 3.52. The second kappa shape index (κ2) is 18.6. The van der Waals surface area contributed by atoms with Gasteiger partial charge in [0, 0.05) is 57.5 Å². The molecule has 14 heteroatoms. The number of aliphatic hydroxyl groups is 2. The predicted octanol–water partition coefficient (Wildman–Crippen LogP) is 5.72. The molecule has 0 aromatic rings. The predicted molar refractivity (Wildman–Crippen MR) is 222 cm³/mol. The van der Waals surface area contributed by atoms with Crippen LogP contribution in [0, 0.1) is 28.6 Å². The average molecular weight is 863 g/mol. The third-order valence-corrected chi connectivity index (χ3v) is 16.6. The Morgan fingerprint density at radius 2 is 1.33 bits per heavy atom. The lowest BCUT2D eigenvalue weighted by Crippen LogP contribution is -2.66. The van der Waals surface area contributed by atoms with Gasteiger partial charge in [0.1, 0.15) is 30.2 Å². The molecule has 2 N–H and O–H groups in total. The van der Waals surface area contributed by atoms with Gasteiger partial charge in [-0.1, -0.05) is 31.6 Å². The Balaban J connectivity index is 0.977. The number of hydrogen-bond acceptors (Lipinski definition) is 14. The molecular weight excluding hydrogens is 789 g/mol. The number of rotatable bonds is 12. The van der Waals surface area contributed by atoms with Crippen LogP contribution < -0.4 is 0 Å². The molecule has 6 fully saturated rings. The molecule has 0 amide bonds. The molecule has 0 aromatic carbocycles. The molecule has 0 aromatic heterocycles. The first-order chi connectivity index (χ1) is 28.9. The smallest absolute Gasteiger partial charge is 0.333 e. The lowest BCUT2D eigenvalue weighted by atomic mass is 9.45. The summed E-state index contributed by atoms with van der Waals surface area (Å²) >= 11 is 0. The van der Waals surface area contributed by atoms with Crippen molar-refractivity contribution in [2.24, 2.45) is 28.6 Å². The first kappa shape index (κ1) is 47.2. The number of methoxy groups -OCH3 is 3. The van der Waals surface area contributed by atoms with Gasteiger partial charge in [0.2, 0.25) is 0 Å². The monoisotopic (exact) mass is 863 g/mol. The lowest BCUT2D eigenvalue weighted by molar-refractivity contribution is -0.338. The van der Waals surface area contributed by atoms with Crippen LogP contribution in [0.1, 0.15) is 120 Å². The van der Waals surface area contributed by atoms with E-state index in [9.17, 15) is 19.8 Å². The zero-order valence-electron chi connectivity index (χ0n) is 38.3. The molecule has 14 nitrogen and oxygen atoms in total. The highest BCUT2D eigenvalue weighted by Gasteiger charge is 2.71. The Morgan fingerprint density at radius 1 is 0.770 bits per heavy atom. The van der Waals surface area contributed by atoms with Gasteiger partial charge in [0.05, 0.1) is 48.3 Å². The van der Waals surface area contributed by atoms with Crippen molar-refractivity contribution in [3.8, 4) is 0 Å². The van der Waals surface area contributed by atoms with Crippen molar-refractivity contribution in [3.63, 3.8) is 0 Å². The number of hydrogen-bond donors (Lipinski definition) is 2. The fourth-order valence-corrected chi connectivity index (χ4v) is 12.7. The van der Waals surface area contributed by atoms with Crippen LogP contribution in [-0.4, -0.2) is 135 Å². The van der Waals surface area contributed by atoms with Crippen LogP contribution in [0.5, 0.6) is 0 Å². The number of esters is 1. The van der Waals surface area contributed by atoms with Crippen LogP contribution in [0.4, 0.5) is 0 Å². The standard InChI is InChI=1S/C47H74O14/c1-12-24(2)44(50)59-37-20-33-32(47(51)18-16-31(25(3)48)46(37,47)8)14-13-29-19-30(15-17-45(29,33)7)58-38-22-35(53-10)42(27(5)56-38)61-40-23-36(54-11)43(28(6)57-40)60-39-21-34(52-9)41(49)26(4)55-39/h12-13,26-28,30-43,49,51H,14-23H2,1-11H3/t26?,27?,28?,30?,31-,32?,33?,34?,35?,36?,37-,38?,39?,40?,41?,42?,43?,45+,46+,47+/m1/s1. The zero-order chi connectivity index (χ0) is 44.2. The molecule has 3 aliphatic heterocycles. The summed E-state index contributed by atoms with van der Waals surface area (Å²) in [6.45, 7) is 15.2. The number of ketones is 1. The molecule has 0 radical (unpaired) electrons. The topological polar surface area (TPSA) is 167 Å². The number of carbonyl (C=O) groups is 2. The molecule has 0 bridgehead atoms. The summed E-state index contributed by atoms with van der Waals surface area (Å²) in [6.07, 6.45) is 4.07. The van der Waals surface area contributed by atoms with Crippen molar-refractivity contribution in [2.45, 2.75) is 211 Å². The Hall–Kier alpha value is -1.82. The normalized spacial score (nSPS) is 49.0. The maximum Gasteiger partial charge on any atom is 0.333 e. The van der Waals surface area contributed by atoms with Crippen LogP contribution in [0.2, 0.25) is 0 Å². The summed E-state index contributed by atoms with van der Waals surface area (Å²) in [4.78, 5) is 26.4. The van der Waals surface area contributed by atoms with Gasteiger partial charge in [0.15, 0.2) is 18.9 Å². The van der Waals surface area contributed by atoms with Crippen molar-refractivity contribution in [1.82, 2.24) is 0 Å². The van der Waals surface area contributed by atoms with Crippen molar-refractivity contribution >= 4 is 11.8 Å². The summed E-state index contributed by atoms with van der Waals surface area (Å²) < 4.78 is 62.4. The second-order valence-electron chi connectivity index (χ2n) is 19.6. The number of aliphatic hydroxyl groups excluding tert-OH is 1. The van der Waals surface area contributed by atoms with Crippen molar-refractivity contribution in [2.75, 3.05) is 21.3 Å². The summed E-state index contributed by atoms with van der Waals surface area (Å²) in [5.41, 5.74) is -0.384. The van der Waals surface area contributed by atoms with Crippen LogP contribution in [-0.2, 0) is 57.0 Å². The molecule has 4 aliphatic carbocycles. The van der Waals surface area contributed by atoms with Crippen LogP contribution >= 0.6 is 0 Å². The van der Waals surface area contributed by atoms with Gasteiger partial charge in [-0.3, -0.25) is 4.79 Å². The van der Waals surface area contributed by atoms with Gasteiger partial charge < -0.3 is 57.6 Å². The van der Waals surface area contributed by atoms with E-state index >= 15 is 0 Å². The van der Waals surface area contributed by atoms with E-state index in [1.165, 1.54) is 5.57 Å². The molecule has 20 atom stereocenters. The first-order valence-corrected chi connectivity index (χ1v) is 22.9. The Bertz CT molecular complexity index is 1640. The van der Waals surface area contributed by atoms with E-state index in [0.29, 0.717) is 50.5 Å². The minimum Gasteiger partial charge on any atom is -0.458 e. The van der Waals surface area contributed by atoms with E-state index < -0.39 is 66.5 Å². The zero-order valence-corrected chi connectivity index (χ0v) is 38.3. The summed E-state index contributed by atoms with van der Waals surface area (Å²) in [5.74, 6) is -0.680. The number of allylic oxidation sites excluding steroid dienone is 2. The molecule has 3 saturated carbocycles. The molecule has 7 aliphatic rings. The minimum atomic E-state index is -1.14. The van der Waals surface area contributed by atoms with Gasteiger partial charge in [0.25, 0.3) is 0 Å². The van der Waals surface area contributed by atoms with Gasteiger partial charge in [-0.25, -0.2) is 4.79 Å². The third-order valence-electron chi connectivity index (χ3n) is 16.6. The number of Topliss-reactive ketones (excluding diaryl/α,β-unsaturated/α-hetero) is 1. The van der Waals surface area contributed by atoms with Crippen LogP contribution in [0.3, 0.4) is 0 Å². The fourth-order valence-electron chi connectivity index (χ4n) is 12.7. The molecule has 346 valence electrons. The number of carbonyl (C=O) groups excluding carboxylic acids is 2. The molecule has 61 heavy (non-hydrogen) atoms. The molecule has 7 rings (SSSR count).